The minimum atomic E-state index is -0.302. The SMILES string of the molecule is COc1ccc(OCC(=O)Nc2cc(C)on2)cc1. The summed E-state index contributed by atoms with van der Waals surface area (Å²) in [7, 11) is 1.59. The molecule has 6 heteroatoms. The van der Waals surface area contributed by atoms with Crippen molar-refractivity contribution in [3.63, 3.8) is 0 Å². The zero-order chi connectivity index (χ0) is 13.7. The molecular formula is C13H14N2O4. The maximum Gasteiger partial charge on any atom is 0.263 e. The van der Waals surface area contributed by atoms with Crippen LogP contribution in [-0.2, 0) is 4.79 Å². The Kier molecular flexibility index (Phi) is 4.02. The lowest BCUT2D eigenvalue weighted by molar-refractivity contribution is -0.118. The Morgan fingerprint density at radius 3 is 2.58 bits per heavy atom. The summed E-state index contributed by atoms with van der Waals surface area (Å²) in [4.78, 5) is 11.6. The summed E-state index contributed by atoms with van der Waals surface area (Å²) in [6.07, 6.45) is 0. The van der Waals surface area contributed by atoms with Gasteiger partial charge in [-0.05, 0) is 31.2 Å². The second-order valence-corrected chi connectivity index (χ2v) is 3.84. The molecule has 0 aliphatic rings. The number of ether oxygens (including phenoxy) is 2. The van der Waals surface area contributed by atoms with Crippen molar-refractivity contribution in [2.45, 2.75) is 6.92 Å². The van der Waals surface area contributed by atoms with Crippen molar-refractivity contribution in [2.75, 3.05) is 19.0 Å². The van der Waals surface area contributed by atoms with E-state index in [1.165, 1.54) is 0 Å². The number of methoxy groups -OCH3 is 1. The molecule has 1 heterocycles. The van der Waals surface area contributed by atoms with E-state index < -0.39 is 0 Å². The molecule has 0 saturated carbocycles. The van der Waals surface area contributed by atoms with Crippen molar-refractivity contribution < 1.29 is 18.8 Å². The highest BCUT2D eigenvalue weighted by Gasteiger charge is 2.07. The zero-order valence-corrected chi connectivity index (χ0v) is 10.7. The molecule has 0 unspecified atom stereocenters. The fourth-order valence-corrected chi connectivity index (χ4v) is 1.43. The second kappa shape index (κ2) is 5.90. The first-order valence-electron chi connectivity index (χ1n) is 5.67. The van der Waals surface area contributed by atoms with E-state index in [0.717, 1.165) is 5.75 Å². The smallest absolute Gasteiger partial charge is 0.263 e. The van der Waals surface area contributed by atoms with Gasteiger partial charge in [0.25, 0.3) is 5.91 Å². The molecule has 100 valence electrons. The van der Waals surface area contributed by atoms with Crippen LogP contribution >= 0.6 is 0 Å². The van der Waals surface area contributed by atoms with Crippen LogP contribution < -0.4 is 14.8 Å². The van der Waals surface area contributed by atoms with E-state index in [1.54, 1.807) is 44.4 Å². The van der Waals surface area contributed by atoms with Gasteiger partial charge >= 0.3 is 0 Å². The van der Waals surface area contributed by atoms with Crippen LogP contribution in [0.5, 0.6) is 11.5 Å². The molecule has 0 aliphatic heterocycles. The number of hydrogen-bond acceptors (Lipinski definition) is 5. The maximum absolute atomic E-state index is 11.6. The molecule has 2 rings (SSSR count). The average molecular weight is 262 g/mol. The van der Waals surface area contributed by atoms with Gasteiger partial charge in [0.15, 0.2) is 12.4 Å². The van der Waals surface area contributed by atoms with Crippen LogP contribution in [0.3, 0.4) is 0 Å². The molecule has 1 N–H and O–H groups in total. The van der Waals surface area contributed by atoms with E-state index >= 15 is 0 Å². The van der Waals surface area contributed by atoms with Gasteiger partial charge in [-0.2, -0.15) is 0 Å². The Hall–Kier alpha value is -2.50. The number of rotatable bonds is 5. The minimum Gasteiger partial charge on any atom is -0.497 e. The number of amides is 1. The Morgan fingerprint density at radius 1 is 1.32 bits per heavy atom. The lowest BCUT2D eigenvalue weighted by Gasteiger charge is -2.06. The first kappa shape index (κ1) is 12.9. The molecule has 0 fully saturated rings. The molecule has 0 radical (unpaired) electrons. The highest BCUT2D eigenvalue weighted by Crippen LogP contribution is 2.17. The zero-order valence-electron chi connectivity index (χ0n) is 10.7. The Bertz CT molecular complexity index is 548. The third-order valence-electron chi connectivity index (χ3n) is 2.32. The second-order valence-electron chi connectivity index (χ2n) is 3.84. The Balaban J connectivity index is 1.82. The summed E-state index contributed by atoms with van der Waals surface area (Å²) in [5.41, 5.74) is 0. The predicted molar refractivity (Wildman–Crippen MR) is 68.4 cm³/mol. The number of hydrogen-bond donors (Lipinski definition) is 1. The molecule has 0 aliphatic carbocycles. The largest absolute Gasteiger partial charge is 0.497 e. The lowest BCUT2D eigenvalue weighted by Crippen LogP contribution is -2.20. The molecule has 19 heavy (non-hydrogen) atoms. The number of nitrogens with zero attached hydrogens (tertiary/aromatic N) is 1. The first-order valence-corrected chi connectivity index (χ1v) is 5.67. The molecule has 6 nitrogen and oxygen atoms in total. The van der Waals surface area contributed by atoms with Gasteiger partial charge in [0.1, 0.15) is 17.3 Å². The van der Waals surface area contributed by atoms with Gasteiger partial charge in [-0.3, -0.25) is 4.79 Å². The van der Waals surface area contributed by atoms with Crippen LogP contribution in [0, 0.1) is 6.92 Å². The monoisotopic (exact) mass is 262 g/mol. The van der Waals surface area contributed by atoms with Crippen molar-refractivity contribution in [3.05, 3.63) is 36.1 Å². The molecule has 1 aromatic carbocycles. The van der Waals surface area contributed by atoms with Gasteiger partial charge in [-0.15, -0.1) is 0 Å². The van der Waals surface area contributed by atoms with Gasteiger partial charge in [-0.25, -0.2) is 0 Å². The summed E-state index contributed by atoms with van der Waals surface area (Å²) in [5.74, 6) is 2.03. The summed E-state index contributed by atoms with van der Waals surface area (Å²) in [6.45, 7) is 1.65. The van der Waals surface area contributed by atoms with E-state index in [2.05, 4.69) is 10.5 Å². The van der Waals surface area contributed by atoms with Gasteiger partial charge in [0.05, 0.1) is 7.11 Å². The topological polar surface area (TPSA) is 73.6 Å². The maximum atomic E-state index is 11.6. The standard InChI is InChI=1S/C13H14N2O4/c1-9-7-12(15-19-9)14-13(16)8-18-11-5-3-10(17-2)4-6-11/h3-7H,8H2,1-2H3,(H,14,15,16). The van der Waals surface area contributed by atoms with Crippen LogP contribution in [0.2, 0.25) is 0 Å². The van der Waals surface area contributed by atoms with E-state index in [9.17, 15) is 4.79 Å². The molecule has 1 amide bonds. The number of nitrogens with one attached hydrogen (secondary N) is 1. The van der Waals surface area contributed by atoms with Gasteiger partial charge in [0, 0.05) is 6.07 Å². The molecule has 1 aromatic heterocycles. The van der Waals surface area contributed by atoms with Gasteiger partial charge in [0.2, 0.25) is 0 Å². The van der Waals surface area contributed by atoms with Gasteiger partial charge in [-0.1, -0.05) is 5.16 Å². The number of anilines is 1. The number of carbonyl (C=O) groups excluding carboxylic acids is 1. The van der Waals surface area contributed by atoms with Crippen LogP contribution in [0.15, 0.2) is 34.9 Å². The van der Waals surface area contributed by atoms with Crippen LogP contribution in [0.1, 0.15) is 5.76 Å². The molecule has 0 saturated heterocycles. The van der Waals surface area contributed by atoms with Crippen molar-refractivity contribution in [1.82, 2.24) is 5.16 Å². The van der Waals surface area contributed by atoms with Crippen molar-refractivity contribution in [2.24, 2.45) is 0 Å². The molecule has 0 atom stereocenters. The van der Waals surface area contributed by atoms with E-state index in [4.69, 9.17) is 14.0 Å². The third-order valence-corrected chi connectivity index (χ3v) is 2.32. The van der Waals surface area contributed by atoms with E-state index in [-0.39, 0.29) is 12.5 Å². The normalized spacial score (nSPS) is 10.0. The summed E-state index contributed by atoms with van der Waals surface area (Å²) in [6, 6.07) is 8.60. The van der Waals surface area contributed by atoms with E-state index in [1.807, 2.05) is 0 Å². The number of benzene rings is 1. The average Bonchev–Trinajstić information content (AvgIpc) is 2.82. The molecule has 0 spiro atoms. The summed E-state index contributed by atoms with van der Waals surface area (Å²) >= 11 is 0. The molecular weight excluding hydrogens is 248 g/mol. The highest BCUT2D eigenvalue weighted by molar-refractivity contribution is 5.90. The van der Waals surface area contributed by atoms with Crippen LogP contribution in [-0.4, -0.2) is 24.8 Å². The Morgan fingerprint density at radius 2 is 2.00 bits per heavy atom. The first-order chi connectivity index (χ1) is 9.17. The quantitative estimate of drug-likeness (QED) is 0.892. The fraction of sp³-hybridized carbons (Fsp3) is 0.231. The lowest BCUT2D eigenvalue weighted by atomic mass is 10.3. The summed E-state index contributed by atoms with van der Waals surface area (Å²) < 4.78 is 15.2. The fourth-order valence-electron chi connectivity index (χ4n) is 1.43. The minimum absolute atomic E-state index is 0.0990. The number of carbonyl (C=O) groups is 1. The van der Waals surface area contributed by atoms with Gasteiger partial charge < -0.3 is 19.3 Å². The Labute approximate surface area is 110 Å². The van der Waals surface area contributed by atoms with Crippen LogP contribution in [0.25, 0.3) is 0 Å². The predicted octanol–water partition coefficient (Wildman–Crippen LogP) is 2.01. The molecule has 2 aromatic rings. The third kappa shape index (κ3) is 3.74. The molecule has 0 bridgehead atoms. The highest BCUT2D eigenvalue weighted by atomic mass is 16.5. The van der Waals surface area contributed by atoms with E-state index in [0.29, 0.717) is 17.3 Å². The van der Waals surface area contributed by atoms with Crippen molar-refractivity contribution in [1.29, 1.82) is 0 Å². The van der Waals surface area contributed by atoms with Crippen molar-refractivity contribution in [3.8, 4) is 11.5 Å². The number of aromatic nitrogens is 1. The summed E-state index contributed by atoms with van der Waals surface area (Å²) in [5, 5.41) is 6.22. The van der Waals surface area contributed by atoms with Crippen LogP contribution in [0.4, 0.5) is 5.82 Å². The number of aryl methyl sites for hydroxylation is 1. The van der Waals surface area contributed by atoms with Crippen molar-refractivity contribution >= 4 is 11.7 Å².